The highest BCUT2D eigenvalue weighted by Gasteiger charge is 2.52. The summed E-state index contributed by atoms with van der Waals surface area (Å²) in [5, 5.41) is 9.32. The maximum atomic E-state index is 11.8. The molecule has 1 saturated heterocycles. The Morgan fingerprint density at radius 1 is 1.14 bits per heavy atom. The van der Waals surface area contributed by atoms with Crippen molar-refractivity contribution in [3.8, 4) is 0 Å². The SMILES string of the molecule is CC(C)(C)OC(=O)CC(CB1OC(C)(C)C(C)(C)O1)C(=O)O. The summed E-state index contributed by atoms with van der Waals surface area (Å²) in [5.74, 6) is -2.48. The second-order valence-electron chi connectivity index (χ2n) is 7.75. The van der Waals surface area contributed by atoms with Crippen LogP contribution in [0.25, 0.3) is 0 Å². The van der Waals surface area contributed by atoms with Crippen LogP contribution in [-0.4, -0.2) is 41.0 Å². The highest BCUT2D eigenvalue weighted by Crippen LogP contribution is 2.38. The summed E-state index contributed by atoms with van der Waals surface area (Å²) in [7, 11) is -0.645. The zero-order valence-electron chi connectivity index (χ0n) is 14.6. The fourth-order valence-corrected chi connectivity index (χ4v) is 2.15. The van der Waals surface area contributed by atoms with Gasteiger partial charge in [-0.15, -0.1) is 0 Å². The van der Waals surface area contributed by atoms with Crippen LogP contribution >= 0.6 is 0 Å². The Balaban J connectivity index is 2.67. The molecule has 0 amide bonds. The zero-order valence-corrected chi connectivity index (χ0v) is 14.6. The first-order valence-corrected chi connectivity index (χ1v) is 7.54. The Morgan fingerprint density at radius 2 is 1.59 bits per heavy atom. The minimum atomic E-state index is -1.06. The van der Waals surface area contributed by atoms with E-state index >= 15 is 0 Å². The van der Waals surface area contributed by atoms with Crippen LogP contribution in [0.15, 0.2) is 0 Å². The summed E-state index contributed by atoms with van der Waals surface area (Å²) in [5.41, 5.74) is -1.68. The molecule has 1 N–H and O–H groups in total. The summed E-state index contributed by atoms with van der Waals surface area (Å²) in [6.07, 6.45) is -0.0852. The summed E-state index contributed by atoms with van der Waals surface area (Å²) in [6, 6.07) is 0. The van der Waals surface area contributed by atoms with Gasteiger partial charge in [-0.25, -0.2) is 0 Å². The van der Waals surface area contributed by atoms with Crippen molar-refractivity contribution in [3.05, 3.63) is 0 Å². The van der Waals surface area contributed by atoms with E-state index in [1.165, 1.54) is 0 Å². The lowest BCUT2D eigenvalue weighted by molar-refractivity contribution is -0.159. The van der Waals surface area contributed by atoms with Crippen LogP contribution in [-0.2, 0) is 23.6 Å². The lowest BCUT2D eigenvalue weighted by Crippen LogP contribution is -2.41. The average molecular weight is 314 g/mol. The Morgan fingerprint density at radius 3 is 1.95 bits per heavy atom. The van der Waals surface area contributed by atoms with E-state index in [2.05, 4.69) is 0 Å². The molecule has 1 rings (SSSR count). The lowest BCUT2D eigenvalue weighted by atomic mass is 9.76. The van der Waals surface area contributed by atoms with Gasteiger partial charge in [0.05, 0.1) is 23.5 Å². The molecule has 1 aliphatic rings. The second-order valence-corrected chi connectivity index (χ2v) is 7.75. The number of carbonyl (C=O) groups excluding carboxylic acids is 1. The van der Waals surface area contributed by atoms with Crippen molar-refractivity contribution >= 4 is 19.1 Å². The normalized spacial score (nSPS) is 21.5. The number of rotatable bonds is 5. The summed E-state index contributed by atoms with van der Waals surface area (Å²) in [4.78, 5) is 23.2. The Hall–Kier alpha value is -1.08. The largest absolute Gasteiger partial charge is 0.481 e. The van der Waals surface area contributed by atoms with E-state index in [1.807, 2.05) is 27.7 Å². The van der Waals surface area contributed by atoms with Gasteiger partial charge in [-0.1, -0.05) is 0 Å². The molecule has 0 saturated carbocycles. The van der Waals surface area contributed by atoms with Crippen LogP contribution in [0.1, 0.15) is 54.9 Å². The van der Waals surface area contributed by atoms with Crippen LogP contribution in [0, 0.1) is 5.92 Å². The lowest BCUT2D eigenvalue weighted by Gasteiger charge is -2.32. The van der Waals surface area contributed by atoms with Crippen LogP contribution in [0.5, 0.6) is 0 Å². The van der Waals surface area contributed by atoms with E-state index in [0.29, 0.717) is 0 Å². The predicted molar refractivity (Wildman–Crippen MR) is 82.5 cm³/mol. The van der Waals surface area contributed by atoms with E-state index in [4.69, 9.17) is 14.0 Å². The third-order valence-electron chi connectivity index (χ3n) is 3.96. The van der Waals surface area contributed by atoms with Crippen molar-refractivity contribution in [2.45, 2.75) is 78.0 Å². The van der Waals surface area contributed by atoms with Crippen molar-refractivity contribution < 1.29 is 28.7 Å². The quantitative estimate of drug-likeness (QED) is 0.620. The van der Waals surface area contributed by atoms with E-state index in [1.54, 1.807) is 20.8 Å². The molecule has 0 spiro atoms. The average Bonchev–Trinajstić information content (AvgIpc) is 2.42. The monoisotopic (exact) mass is 314 g/mol. The highest BCUT2D eigenvalue weighted by molar-refractivity contribution is 6.46. The second kappa shape index (κ2) is 6.20. The minimum Gasteiger partial charge on any atom is -0.481 e. The zero-order chi connectivity index (χ0) is 17.3. The number of esters is 1. The van der Waals surface area contributed by atoms with E-state index in [-0.39, 0.29) is 12.7 Å². The van der Waals surface area contributed by atoms with Gasteiger partial charge in [0, 0.05) is 0 Å². The molecule has 1 unspecified atom stereocenters. The minimum absolute atomic E-state index is 0.113. The number of carbonyl (C=O) groups is 2. The first-order chi connectivity index (χ1) is 9.73. The molecule has 0 aromatic rings. The maximum Gasteiger partial charge on any atom is 0.458 e. The fourth-order valence-electron chi connectivity index (χ4n) is 2.15. The predicted octanol–water partition coefficient (Wildman–Crippen LogP) is 2.51. The van der Waals surface area contributed by atoms with Crippen LogP contribution in [0.4, 0.5) is 0 Å². The van der Waals surface area contributed by atoms with E-state index < -0.39 is 41.8 Å². The molecule has 1 aliphatic heterocycles. The maximum absolute atomic E-state index is 11.8. The molecule has 0 radical (unpaired) electrons. The van der Waals surface area contributed by atoms with Crippen molar-refractivity contribution in [1.29, 1.82) is 0 Å². The van der Waals surface area contributed by atoms with Crippen molar-refractivity contribution in [2.24, 2.45) is 5.92 Å². The number of carboxylic acids is 1. The molecule has 22 heavy (non-hydrogen) atoms. The summed E-state index contributed by atoms with van der Waals surface area (Å²) in [6.45, 7) is 12.8. The standard InChI is InChI=1S/C15H27BO6/c1-13(2,3)20-11(17)8-10(12(18)19)9-16-21-14(4,5)15(6,7)22-16/h10H,8-9H2,1-7H3,(H,18,19). The summed E-state index contributed by atoms with van der Waals surface area (Å²) < 4.78 is 16.8. The molecule has 7 heteroatoms. The van der Waals surface area contributed by atoms with Gasteiger partial charge in [0.1, 0.15) is 5.60 Å². The van der Waals surface area contributed by atoms with Gasteiger partial charge >= 0.3 is 19.1 Å². The summed E-state index contributed by atoms with van der Waals surface area (Å²) >= 11 is 0. The van der Waals surface area contributed by atoms with Crippen LogP contribution < -0.4 is 0 Å². The van der Waals surface area contributed by atoms with Crippen molar-refractivity contribution in [1.82, 2.24) is 0 Å². The number of ether oxygens (including phenoxy) is 1. The molecule has 126 valence electrons. The topological polar surface area (TPSA) is 82.1 Å². The third kappa shape index (κ3) is 4.99. The van der Waals surface area contributed by atoms with Gasteiger partial charge in [-0.05, 0) is 54.8 Å². The van der Waals surface area contributed by atoms with Crippen molar-refractivity contribution in [3.63, 3.8) is 0 Å². The molecule has 0 aromatic carbocycles. The molecular formula is C15H27BO6. The van der Waals surface area contributed by atoms with Gasteiger partial charge in [-0.2, -0.15) is 0 Å². The van der Waals surface area contributed by atoms with Gasteiger partial charge < -0.3 is 19.2 Å². The molecular weight excluding hydrogens is 287 g/mol. The molecule has 0 bridgehead atoms. The number of hydrogen-bond acceptors (Lipinski definition) is 5. The first-order valence-electron chi connectivity index (χ1n) is 7.54. The Bertz CT molecular complexity index is 422. The number of aliphatic carboxylic acids is 1. The molecule has 1 heterocycles. The van der Waals surface area contributed by atoms with Gasteiger partial charge in [0.25, 0.3) is 0 Å². The third-order valence-corrected chi connectivity index (χ3v) is 3.96. The first kappa shape index (κ1) is 19.0. The number of carboxylic acid groups (broad SMARTS) is 1. The molecule has 0 aromatic heterocycles. The number of hydrogen-bond donors (Lipinski definition) is 1. The van der Waals surface area contributed by atoms with Gasteiger partial charge in [0.15, 0.2) is 0 Å². The fraction of sp³-hybridized carbons (Fsp3) is 0.867. The van der Waals surface area contributed by atoms with E-state index in [0.717, 1.165) is 0 Å². The molecule has 0 aliphatic carbocycles. The molecule has 6 nitrogen and oxygen atoms in total. The van der Waals surface area contributed by atoms with Crippen LogP contribution in [0.2, 0.25) is 6.32 Å². The van der Waals surface area contributed by atoms with Crippen LogP contribution in [0.3, 0.4) is 0 Å². The smallest absolute Gasteiger partial charge is 0.458 e. The Kier molecular flexibility index (Phi) is 5.35. The highest BCUT2D eigenvalue weighted by atomic mass is 16.7. The van der Waals surface area contributed by atoms with Gasteiger partial charge in [0.2, 0.25) is 0 Å². The van der Waals surface area contributed by atoms with Crippen molar-refractivity contribution in [2.75, 3.05) is 0 Å². The molecule has 1 fully saturated rings. The van der Waals surface area contributed by atoms with Gasteiger partial charge in [-0.3, -0.25) is 9.59 Å². The Labute approximate surface area is 132 Å². The molecule has 1 atom stereocenters. The van der Waals surface area contributed by atoms with E-state index in [9.17, 15) is 14.7 Å².